The zero-order chi connectivity index (χ0) is 77.6. The molecular weight excluding hydrogens is 1290 g/mol. The number of halogens is 2. The summed E-state index contributed by atoms with van der Waals surface area (Å²) in [5, 5.41) is 1.71. The second-order valence-corrected chi connectivity index (χ2v) is 32.4. The molecule has 102 heavy (non-hydrogen) atoms. The van der Waals surface area contributed by atoms with Crippen LogP contribution in [0.4, 0.5) is 0 Å². The number of hydrogen-bond donors (Lipinski definition) is 1. The largest absolute Gasteiger partial charge is 0.378 e. The lowest BCUT2D eigenvalue weighted by Gasteiger charge is -2.22. The van der Waals surface area contributed by atoms with E-state index >= 15 is 0 Å². The number of H-pyrrole nitrogens is 1. The minimum atomic E-state index is 0.517. The maximum atomic E-state index is 6.02. The van der Waals surface area contributed by atoms with Gasteiger partial charge in [0, 0.05) is 96.9 Å². The highest BCUT2D eigenvalue weighted by Crippen LogP contribution is 2.29. The van der Waals surface area contributed by atoms with Gasteiger partial charge in [-0.25, -0.2) is 9.97 Å². The molecule has 0 radical (unpaired) electrons. The van der Waals surface area contributed by atoms with Crippen LogP contribution in [0.2, 0.25) is 10.0 Å². The molecule has 2 aliphatic rings. The summed E-state index contributed by atoms with van der Waals surface area (Å²) in [7, 11) is 4.10. The Labute approximate surface area is 636 Å². The summed E-state index contributed by atoms with van der Waals surface area (Å²) in [4.78, 5) is 23.3. The third-order valence-corrected chi connectivity index (χ3v) is 19.0. The molecule has 0 bridgehead atoms. The molecule has 1 aliphatic carbocycles. The average Bonchev–Trinajstić information content (AvgIpc) is 1.37. The van der Waals surface area contributed by atoms with E-state index in [9.17, 15) is 0 Å². The van der Waals surface area contributed by atoms with E-state index in [1.54, 1.807) is 12.5 Å². The van der Waals surface area contributed by atoms with Gasteiger partial charge in [0.05, 0.1) is 24.5 Å². The molecule has 1 saturated heterocycles. The summed E-state index contributed by atoms with van der Waals surface area (Å²) in [5.41, 5.74) is 15.4. The Bertz CT molecular complexity index is 3050. The van der Waals surface area contributed by atoms with Gasteiger partial charge in [-0.1, -0.05) is 258 Å². The highest BCUT2D eigenvalue weighted by atomic mass is 35.5. The Hall–Kier alpha value is -5.87. The molecule has 10 rings (SSSR count). The van der Waals surface area contributed by atoms with Crippen LogP contribution in [0.15, 0.2) is 141 Å². The maximum absolute atomic E-state index is 6.02. The van der Waals surface area contributed by atoms with E-state index in [1.807, 2.05) is 110 Å². The number of imidazole rings is 2. The molecule has 11 heteroatoms. The van der Waals surface area contributed by atoms with Crippen LogP contribution in [0.25, 0.3) is 0 Å². The van der Waals surface area contributed by atoms with Crippen LogP contribution in [-0.4, -0.2) is 51.7 Å². The van der Waals surface area contributed by atoms with Crippen molar-refractivity contribution in [3.63, 3.8) is 0 Å². The minimum Gasteiger partial charge on any atom is -0.378 e. The third kappa shape index (κ3) is 43.4. The molecule has 2 fully saturated rings. The summed E-state index contributed by atoms with van der Waals surface area (Å²) < 4.78 is 9.62. The number of nitrogens with one attached hydrogen (secondary N) is 1. The molecule has 1 N–H and O–H groups in total. The van der Waals surface area contributed by atoms with Gasteiger partial charge >= 0.3 is 0 Å². The van der Waals surface area contributed by atoms with Crippen molar-refractivity contribution < 1.29 is 4.74 Å². The number of aromatic nitrogens is 8. The van der Waals surface area contributed by atoms with Gasteiger partial charge in [0.2, 0.25) is 0 Å². The van der Waals surface area contributed by atoms with Crippen molar-refractivity contribution in [3.8, 4) is 0 Å². The highest BCUT2D eigenvalue weighted by molar-refractivity contribution is 6.31. The first kappa shape index (κ1) is 96.1. The molecule has 2 unspecified atom stereocenters. The fourth-order valence-electron chi connectivity index (χ4n) is 11.2. The summed E-state index contributed by atoms with van der Waals surface area (Å²) in [6.07, 6.45) is 30.3. The summed E-state index contributed by atoms with van der Waals surface area (Å²) in [6.45, 7) is 62.2. The van der Waals surface area contributed by atoms with Crippen molar-refractivity contribution in [1.82, 2.24) is 39.0 Å². The van der Waals surface area contributed by atoms with Crippen LogP contribution in [0.5, 0.6) is 0 Å². The van der Waals surface area contributed by atoms with Crippen LogP contribution in [0.1, 0.15) is 339 Å². The van der Waals surface area contributed by atoms with Crippen molar-refractivity contribution in [3.05, 3.63) is 218 Å². The first-order chi connectivity index (χ1) is 47.9. The van der Waals surface area contributed by atoms with E-state index < -0.39 is 0 Å². The van der Waals surface area contributed by atoms with Gasteiger partial charge in [-0.15, -0.1) is 0 Å². The van der Waals surface area contributed by atoms with Crippen LogP contribution in [0, 0.1) is 57.3 Å². The molecular formula is C91H148Cl2N8O. The second-order valence-electron chi connectivity index (χ2n) is 31.5. The first-order valence-corrected chi connectivity index (χ1v) is 39.6. The first-order valence-electron chi connectivity index (χ1n) is 38.9. The quantitative estimate of drug-likeness (QED) is 0.123. The number of aromatic amines is 1. The van der Waals surface area contributed by atoms with E-state index in [1.165, 1.54) is 120 Å². The van der Waals surface area contributed by atoms with E-state index in [0.29, 0.717) is 53.4 Å². The highest BCUT2D eigenvalue weighted by Gasteiger charge is 2.18. The maximum Gasteiger partial charge on any atom is 0.0945 e. The van der Waals surface area contributed by atoms with Crippen LogP contribution < -0.4 is 0 Å². The van der Waals surface area contributed by atoms with E-state index in [-0.39, 0.29) is 0 Å². The molecule has 0 amide bonds. The Morgan fingerprint density at radius 2 is 1.13 bits per heavy atom. The molecule has 2 atom stereocenters. The van der Waals surface area contributed by atoms with Gasteiger partial charge in [-0.3, -0.25) is 15.0 Å². The average molecular weight is 1440 g/mol. The van der Waals surface area contributed by atoms with Crippen LogP contribution >= 0.6 is 23.2 Å². The predicted molar refractivity (Wildman–Crippen MR) is 449 cm³/mol. The topological polar surface area (TPSA) is 99.3 Å². The summed E-state index contributed by atoms with van der Waals surface area (Å²) in [6, 6.07) is 28.7. The molecule has 1 saturated carbocycles. The molecule has 7 heterocycles. The fourth-order valence-corrected chi connectivity index (χ4v) is 11.8. The second kappa shape index (κ2) is 54.7. The van der Waals surface area contributed by atoms with Gasteiger partial charge in [-0.05, 0) is 217 Å². The number of pyridine rings is 3. The normalized spacial score (nSPS) is 13.4. The lowest BCUT2D eigenvalue weighted by Crippen LogP contribution is -2.12. The van der Waals surface area contributed by atoms with Crippen molar-refractivity contribution in [2.75, 3.05) is 6.61 Å². The van der Waals surface area contributed by atoms with Gasteiger partial charge in [0.15, 0.2) is 0 Å². The SMILES string of the molecule is CC(C)C1CCCO1.CC(C)CC1CCCCC1.CC(C)c1ccccn1.CC(C)c1cccnc1.CC(C)c1ccncc1.CC(C)c1cncn1C.CCC(C)C(C)C.Cc1[nH]cnc1C(C)C.Cc1cc(C(C)C)cn1C.Cc1cc(Cl)ccc1C(C)C.Cc1ccc(C(C)C)c(Cl)c1. The zero-order valence-corrected chi connectivity index (χ0v) is 71.7. The van der Waals surface area contributed by atoms with E-state index in [4.69, 9.17) is 27.9 Å². The smallest absolute Gasteiger partial charge is 0.0945 e. The summed E-state index contributed by atoms with van der Waals surface area (Å²) in [5.74, 6) is 9.13. The Morgan fingerprint density at radius 1 is 0.520 bits per heavy atom. The van der Waals surface area contributed by atoms with Crippen molar-refractivity contribution in [2.24, 2.45) is 43.7 Å². The predicted octanol–water partition coefficient (Wildman–Crippen LogP) is 28.1. The Morgan fingerprint density at radius 3 is 1.44 bits per heavy atom. The number of rotatable bonds is 13. The number of nitrogens with zero attached hydrogens (tertiary/aromatic N) is 7. The molecule has 9 nitrogen and oxygen atoms in total. The molecule has 2 aromatic carbocycles. The standard InChI is InChI=1S/2C10H13Cl.C10H20.C9H15N.3C8H11N.2C7H12N2.C7H14O.C7H16/c1-7(2)10-5-4-9(11)6-8(10)3;1-7(2)9-5-4-8(3)6-10(9)11;1-9(2)8-10-6-4-3-5-7-10;1-7(2)9-5-8(3)10(4)6-9;1-7(2)8-3-5-9-6-4-8;1-7(2)8-4-3-5-9-6-8;1-7(2)8-5-3-4-6-9-8;1-6(2)7-4-8-5-9(7)3;1-5(2)7-6(3)8-4-9-7;1-6(2)7-4-3-5-8-7;1-5-7(4)6(2)3/h2*4-7H,1-3H3;9-10H,3-8H2,1-2H3;5-7H,1-4H3;3*3-7H,1-2H3;4-6H,1-3H3;4-5H,1-3H3,(H,8,9);6-7H,3-5H2,1-2H3;6-7H,5H2,1-4H3. The lowest BCUT2D eigenvalue weighted by atomic mass is 9.84. The molecule has 6 aromatic heterocycles. The van der Waals surface area contributed by atoms with Crippen LogP contribution in [-0.2, 0) is 18.8 Å². The zero-order valence-electron chi connectivity index (χ0n) is 70.2. The lowest BCUT2D eigenvalue weighted by molar-refractivity contribution is 0.0758. The number of ether oxygens (including phenoxy) is 1. The molecule has 0 spiro atoms. The van der Waals surface area contributed by atoms with Crippen molar-refractivity contribution >= 4 is 23.2 Å². The minimum absolute atomic E-state index is 0.517. The van der Waals surface area contributed by atoms with Gasteiger partial charge in [-0.2, -0.15) is 0 Å². The number of hydrogen-bond acceptors (Lipinski definition) is 6. The molecule has 572 valence electrons. The Kier molecular flexibility index (Phi) is 51.6. The van der Waals surface area contributed by atoms with Crippen molar-refractivity contribution in [1.29, 1.82) is 0 Å². The fraction of sp³-hybridized carbons (Fsp3) is 0.593. The monoisotopic (exact) mass is 1440 g/mol. The van der Waals surface area contributed by atoms with Gasteiger partial charge < -0.3 is 18.9 Å². The Balaban J connectivity index is 0.00000110. The molecule has 8 aromatic rings. The number of aryl methyl sites for hydroxylation is 6. The van der Waals surface area contributed by atoms with E-state index in [0.717, 1.165) is 51.9 Å². The molecule has 1 aliphatic heterocycles. The van der Waals surface area contributed by atoms with Crippen LogP contribution in [0.3, 0.4) is 0 Å². The van der Waals surface area contributed by atoms with Gasteiger partial charge in [0.25, 0.3) is 0 Å². The summed E-state index contributed by atoms with van der Waals surface area (Å²) >= 11 is 11.8. The third-order valence-electron chi connectivity index (χ3n) is 18.5. The number of benzene rings is 2. The van der Waals surface area contributed by atoms with Gasteiger partial charge in [0.1, 0.15) is 0 Å². The van der Waals surface area contributed by atoms with E-state index in [2.05, 4.69) is 265 Å². The van der Waals surface area contributed by atoms with Crippen molar-refractivity contribution in [2.45, 2.75) is 305 Å².